The molecule has 0 fully saturated rings. The predicted octanol–water partition coefficient (Wildman–Crippen LogP) is 18.9. The number of aromatic nitrogens is 3. The average Bonchev–Trinajstić information content (AvgIpc) is 3.87. The number of aromatic hydroxyl groups is 1. The van der Waals surface area contributed by atoms with E-state index in [-0.39, 0.29) is 16.7 Å². The summed E-state index contributed by atoms with van der Waals surface area (Å²) in [5.74, 6) is -1.67. The molecule has 8 aromatic carbocycles. The molecule has 0 saturated heterocycles. The van der Waals surface area contributed by atoms with Crippen LogP contribution in [0.4, 0.5) is 0 Å². The van der Waals surface area contributed by atoms with Crippen LogP contribution in [-0.2, 0) is 10.8 Å². The van der Waals surface area contributed by atoms with Crippen molar-refractivity contribution in [3.8, 4) is 89.7 Å². The third-order valence-electron chi connectivity index (χ3n) is 14.1. The van der Waals surface area contributed by atoms with Crippen molar-refractivity contribution in [2.24, 2.45) is 0 Å². The normalized spacial score (nSPS) is 13.5. The minimum absolute atomic E-state index is 0.0637. The minimum Gasteiger partial charge on any atom is -0.507 e. The molecule has 73 heavy (non-hydrogen) atoms. The quantitative estimate of drug-likeness (QED) is 0.149. The van der Waals surface area contributed by atoms with Crippen LogP contribution in [0.1, 0.15) is 116 Å². The average molecular weight is 959 g/mol. The summed E-state index contributed by atoms with van der Waals surface area (Å²) < 4.78 is 48.1. The smallest absolute Gasteiger partial charge is 0.149 e. The molecular formula is C69H67N3O. The highest BCUT2D eigenvalue weighted by atomic mass is 16.3. The highest BCUT2D eigenvalue weighted by molar-refractivity contribution is 5.98. The van der Waals surface area contributed by atoms with Crippen LogP contribution in [0.3, 0.4) is 0 Å². The van der Waals surface area contributed by atoms with Gasteiger partial charge in [-0.3, -0.25) is 9.55 Å². The van der Waals surface area contributed by atoms with E-state index in [0.717, 1.165) is 66.9 Å². The molecule has 1 N–H and O–H groups in total. The first-order chi connectivity index (χ1) is 36.8. The first kappa shape index (κ1) is 42.8. The van der Waals surface area contributed by atoms with E-state index in [1.807, 2.05) is 117 Å². The van der Waals surface area contributed by atoms with Crippen molar-refractivity contribution in [3.63, 3.8) is 0 Å². The van der Waals surface area contributed by atoms with Gasteiger partial charge in [0, 0.05) is 29.7 Å². The number of nitrogens with zero attached hydrogens (tertiary/aromatic N) is 3. The van der Waals surface area contributed by atoms with Crippen molar-refractivity contribution in [3.05, 3.63) is 216 Å². The molecule has 0 atom stereocenters. The fourth-order valence-electron chi connectivity index (χ4n) is 10.1. The lowest BCUT2D eigenvalue weighted by molar-refractivity contribution is 0.446. The van der Waals surface area contributed by atoms with E-state index in [2.05, 4.69) is 139 Å². The Labute approximate surface area is 440 Å². The fraction of sp³-hybridized carbons (Fsp3) is 0.217. The molecule has 0 saturated carbocycles. The van der Waals surface area contributed by atoms with Gasteiger partial charge in [-0.25, -0.2) is 4.98 Å². The van der Waals surface area contributed by atoms with E-state index in [4.69, 9.17) is 9.97 Å². The molecular weight excluding hydrogens is 887 g/mol. The molecule has 4 nitrogen and oxygen atoms in total. The van der Waals surface area contributed by atoms with Crippen LogP contribution in [0.25, 0.3) is 95.0 Å². The lowest BCUT2D eigenvalue weighted by atomic mass is 9.79. The third-order valence-corrected chi connectivity index (χ3v) is 14.1. The van der Waals surface area contributed by atoms with Gasteiger partial charge in [0.05, 0.1) is 28.0 Å². The molecule has 4 heteroatoms. The number of rotatable bonds is 10. The maximum atomic E-state index is 12.7. The van der Waals surface area contributed by atoms with Gasteiger partial charge in [0.25, 0.3) is 0 Å². The van der Waals surface area contributed by atoms with Crippen molar-refractivity contribution >= 4 is 11.0 Å². The number of para-hydroxylation sites is 1. The molecule has 2 heterocycles. The molecule has 10 rings (SSSR count). The van der Waals surface area contributed by atoms with Crippen LogP contribution < -0.4 is 0 Å². The molecule has 0 aliphatic rings. The number of fused-ring (bicyclic) bond motifs is 1. The molecule has 0 spiro atoms. The standard InChI is InChI=1S/C69H67N3O/c1-43(2)56-24-18-25-57(44(3)4)64(56)51-32-33-62(45(5)36-51)72-63-27-19-26-58(65(63)71-67(72)59-41-55(68(6,7)8)42-60(66(59)73)69(9,10)11)53-37-52(47-22-16-13-17-23-47)38-54(39-53)61-40-50(34-35-70-61)49-30-28-48(29-31-49)46-20-14-12-15-21-46/h12-44,73H,1-11H3/i5D3,43D,44D. The second kappa shape index (κ2) is 19.3. The zero-order chi connectivity index (χ0) is 55.7. The van der Waals surface area contributed by atoms with Crippen molar-refractivity contribution in [1.82, 2.24) is 14.5 Å². The minimum atomic E-state index is -2.64. The van der Waals surface area contributed by atoms with E-state index in [9.17, 15) is 12.0 Å². The van der Waals surface area contributed by atoms with Crippen LogP contribution in [0, 0.1) is 6.85 Å². The second-order valence-corrected chi connectivity index (χ2v) is 21.9. The number of aryl methyl sites for hydroxylation is 1. The van der Waals surface area contributed by atoms with Gasteiger partial charge in [0.1, 0.15) is 11.6 Å². The SMILES string of the molecule is [2H]C([2H])([2H])c1cc(-c2c(C([2H])(C)C)cccc2C([2H])(C)C)ccc1-n1c(-c2cc(C(C)(C)C)cc(C(C)(C)C)c2O)nc2c(-c3cc(-c4ccccc4)cc(-c4cc(-c5ccc(-c6ccccc6)cc5)ccn4)c3)cccc21. The summed E-state index contributed by atoms with van der Waals surface area (Å²) in [5, 5.41) is 12.7. The van der Waals surface area contributed by atoms with Crippen LogP contribution in [0.15, 0.2) is 188 Å². The van der Waals surface area contributed by atoms with E-state index >= 15 is 0 Å². The zero-order valence-corrected chi connectivity index (χ0v) is 43.7. The lowest BCUT2D eigenvalue weighted by Crippen LogP contribution is -2.17. The highest BCUT2D eigenvalue weighted by Gasteiger charge is 2.29. The van der Waals surface area contributed by atoms with Gasteiger partial charge in [-0.2, -0.15) is 0 Å². The van der Waals surface area contributed by atoms with Gasteiger partial charge in [0.15, 0.2) is 0 Å². The molecule has 0 aliphatic carbocycles. The molecule has 0 radical (unpaired) electrons. The number of pyridine rings is 1. The first-order valence-corrected chi connectivity index (χ1v) is 25.3. The van der Waals surface area contributed by atoms with Crippen LogP contribution in [0.2, 0.25) is 0 Å². The Hall–Kier alpha value is -7.82. The van der Waals surface area contributed by atoms with E-state index in [1.165, 1.54) is 0 Å². The van der Waals surface area contributed by atoms with Crippen LogP contribution in [0.5, 0.6) is 5.75 Å². The van der Waals surface area contributed by atoms with E-state index < -0.39 is 24.1 Å². The number of phenols is 1. The summed E-state index contributed by atoms with van der Waals surface area (Å²) in [7, 11) is 0. The van der Waals surface area contributed by atoms with E-state index in [0.29, 0.717) is 50.4 Å². The molecule has 364 valence electrons. The van der Waals surface area contributed by atoms with E-state index in [1.54, 1.807) is 6.07 Å². The summed E-state index contributed by atoms with van der Waals surface area (Å²) in [6, 6.07) is 61.1. The maximum absolute atomic E-state index is 12.7. The predicted molar refractivity (Wildman–Crippen MR) is 309 cm³/mol. The number of hydrogen-bond acceptors (Lipinski definition) is 3. The number of imidazole rings is 1. The van der Waals surface area contributed by atoms with Gasteiger partial charge in [-0.15, -0.1) is 0 Å². The first-order valence-electron chi connectivity index (χ1n) is 27.8. The van der Waals surface area contributed by atoms with Gasteiger partial charge in [-0.05, 0) is 156 Å². The molecule has 2 aromatic heterocycles. The van der Waals surface area contributed by atoms with Crippen LogP contribution >= 0.6 is 0 Å². The fourth-order valence-corrected chi connectivity index (χ4v) is 10.1. The molecule has 0 aliphatic heterocycles. The molecule has 10 aromatic rings. The Morgan fingerprint density at radius 1 is 0.507 bits per heavy atom. The Kier molecular flexibility index (Phi) is 11.3. The Bertz CT molecular complexity index is 3840. The second-order valence-electron chi connectivity index (χ2n) is 21.9. The molecule has 0 unspecified atom stereocenters. The van der Waals surface area contributed by atoms with Crippen molar-refractivity contribution in [2.75, 3.05) is 0 Å². The van der Waals surface area contributed by atoms with Crippen molar-refractivity contribution < 1.29 is 12.0 Å². The Morgan fingerprint density at radius 2 is 1.08 bits per heavy atom. The Morgan fingerprint density at radius 3 is 1.70 bits per heavy atom. The summed E-state index contributed by atoms with van der Waals surface area (Å²) in [4.78, 5) is 10.6. The Balaban J connectivity index is 1.24. The van der Waals surface area contributed by atoms with Crippen LogP contribution in [-0.4, -0.2) is 19.6 Å². The van der Waals surface area contributed by atoms with Gasteiger partial charge >= 0.3 is 0 Å². The zero-order valence-electron chi connectivity index (χ0n) is 48.7. The van der Waals surface area contributed by atoms with Gasteiger partial charge < -0.3 is 5.11 Å². The summed E-state index contributed by atoms with van der Waals surface area (Å²) in [6.07, 6.45) is 1.86. The largest absolute Gasteiger partial charge is 0.507 e. The number of phenolic OH excluding ortho intramolecular Hbond substituents is 1. The highest BCUT2D eigenvalue weighted by Crippen LogP contribution is 2.46. The summed E-state index contributed by atoms with van der Waals surface area (Å²) in [6.45, 7) is 17.3. The summed E-state index contributed by atoms with van der Waals surface area (Å²) >= 11 is 0. The van der Waals surface area contributed by atoms with Gasteiger partial charge in [0.2, 0.25) is 0 Å². The monoisotopic (exact) mass is 959 g/mol. The topological polar surface area (TPSA) is 50.9 Å². The molecule has 0 amide bonds. The molecule has 0 bridgehead atoms. The number of benzene rings is 8. The van der Waals surface area contributed by atoms with Gasteiger partial charge in [-0.1, -0.05) is 197 Å². The third kappa shape index (κ3) is 9.55. The number of hydrogen-bond donors (Lipinski definition) is 1. The lowest BCUT2D eigenvalue weighted by Gasteiger charge is -2.27. The summed E-state index contributed by atoms with van der Waals surface area (Å²) in [5.41, 5.74) is 15.6. The maximum Gasteiger partial charge on any atom is 0.149 e. The van der Waals surface area contributed by atoms with Crippen molar-refractivity contribution in [1.29, 1.82) is 0 Å². The van der Waals surface area contributed by atoms with Crippen molar-refractivity contribution in [2.45, 2.75) is 98.7 Å².